The Labute approximate surface area is 138 Å². The Hall–Kier alpha value is -3.20. The lowest BCUT2D eigenvalue weighted by atomic mass is 10.1. The summed E-state index contributed by atoms with van der Waals surface area (Å²) in [4.78, 5) is 26.1. The molecule has 0 aliphatic heterocycles. The minimum atomic E-state index is -0.254. The third kappa shape index (κ3) is 2.31. The van der Waals surface area contributed by atoms with E-state index in [1.165, 1.54) is 4.57 Å². The van der Waals surface area contributed by atoms with Crippen LogP contribution in [0.3, 0.4) is 0 Å². The number of nitrogens with zero attached hydrogens (tertiary/aromatic N) is 1. The SMILES string of the molecule is O=c1c2ccccc2c2ccccc2c(=O)n1Cc1ccccc1. The van der Waals surface area contributed by atoms with Gasteiger partial charge in [-0.2, -0.15) is 0 Å². The van der Waals surface area contributed by atoms with Crippen LogP contribution in [0.4, 0.5) is 0 Å². The van der Waals surface area contributed by atoms with E-state index in [0.717, 1.165) is 16.3 Å². The molecule has 0 fully saturated rings. The second kappa shape index (κ2) is 5.78. The first-order chi connectivity index (χ1) is 11.8. The number of rotatable bonds is 2. The molecule has 3 nitrogen and oxygen atoms in total. The molecule has 116 valence electrons. The van der Waals surface area contributed by atoms with Crippen LogP contribution < -0.4 is 11.1 Å². The summed E-state index contributed by atoms with van der Waals surface area (Å²) in [6, 6.07) is 24.4. The topological polar surface area (TPSA) is 39.1 Å². The van der Waals surface area contributed by atoms with E-state index in [4.69, 9.17) is 0 Å². The van der Waals surface area contributed by atoms with Gasteiger partial charge in [0.1, 0.15) is 0 Å². The number of benzene rings is 3. The molecule has 0 spiro atoms. The molecule has 0 amide bonds. The van der Waals surface area contributed by atoms with Gasteiger partial charge in [-0.3, -0.25) is 14.2 Å². The number of hydrogen-bond acceptors (Lipinski definition) is 2. The maximum Gasteiger partial charge on any atom is 0.261 e. The molecular weight excluding hydrogens is 298 g/mol. The van der Waals surface area contributed by atoms with Crippen LogP contribution in [0.1, 0.15) is 5.56 Å². The van der Waals surface area contributed by atoms with Crippen LogP contribution in [-0.4, -0.2) is 4.57 Å². The summed E-state index contributed by atoms with van der Waals surface area (Å²) in [6.07, 6.45) is 0. The van der Waals surface area contributed by atoms with E-state index in [9.17, 15) is 9.59 Å². The first-order valence-corrected chi connectivity index (χ1v) is 7.84. The fourth-order valence-electron chi connectivity index (χ4n) is 3.10. The molecule has 1 heterocycles. The molecule has 0 radical (unpaired) electrons. The molecule has 0 atom stereocenters. The van der Waals surface area contributed by atoms with Gasteiger partial charge in [0.05, 0.1) is 6.54 Å². The predicted molar refractivity (Wildman–Crippen MR) is 97.5 cm³/mol. The average Bonchev–Trinajstić information content (AvgIpc) is 2.73. The molecule has 3 aromatic carbocycles. The largest absolute Gasteiger partial charge is 0.270 e. The Kier molecular flexibility index (Phi) is 3.47. The van der Waals surface area contributed by atoms with Crippen molar-refractivity contribution in [1.82, 2.24) is 4.57 Å². The molecule has 0 saturated heterocycles. The minimum absolute atomic E-state index is 0.254. The Bertz CT molecular complexity index is 1090. The van der Waals surface area contributed by atoms with E-state index in [2.05, 4.69) is 0 Å². The Morgan fingerprint density at radius 1 is 0.542 bits per heavy atom. The van der Waals surface area contributed by atoms with Crippen molar-refractivity contribution < 1.29 is 0 Å². The number of aromatic nitrogens is 1. The van der Waals surface area contributed by atoms with Gasteiger partial charge in [0.2, 0.25) is 0 Å². The van der Waals surface area contributed by atoms with E-state index in [1.807, 2.05) is 66.7 Å². The molecule has 0 N–H and O–H groups in total. The van der Waals surface area contributed by atoms with Crippen molar-refractivity contribution in [3.8, 4) is 0 Å². The lowest BCUT2D eigenvalue weighted by molar-refractivity contribution is 0.747. The van der Waals surface area contributed by atoms with E-state index in [-0.39, 0.29) is 17.7 Å². The minimum Gasteiger partial charge on any atom is -0.270 e. The summed E-state index contributed by atoms with van der Waals surface area (Å²) in [5.41, 5.74) is 0.419. The van der Waals surface area contributed by atoms with Crippen LogP contribution in [0.2, 0.25) is 0 Å². The second-order valence-electron chi connectivity index (χ2n) is 5.77. The molecule has 24 heavy (non-hydrogen) atoms. The zero-order chi connectivity index (χ0) is 16.5. The highest BCUT2D eigenvalue weighted by Gasteiger charge is 2.10. The molecule has 0 unspecified atom stereocenters. The Morgan fingerprint density at radius 3 is 1.46 bits per heavy atom. The summed E-state index contributed by atoms with van der Waals surface area (Å²) >= 11 is 0. The van der Waals surface area contributed by atoms with Crippen molar-refractivity contribution in [2.75, 3.05) is 0 Å². The fraction of sp³-hybridized carbons (Fsp3) is 0.0476. The summed E-state index contributed by atoms with van der Waals surface area (Å²) in [5.74, 6) is 0. The maximum atomic E-state index is 13.0. The quantitative estimate of drug-likeness (QED) is 0.567. The van der Waals surface area contributed by atoms with E-state index < -0.39 is 0 Å². The summed E-state index contributed by atoms with van der Waals surface area (Å²) in [6.45, 7) is 0.265. The summed E-state index contributed by atoms with van der Waals surface area (Å²) in [7, 11) is 0. The highest BCUT2D eigenvalue weighted by atomic mass is 16.2. The summed E-state index contributed by atoms with van der Waals surface area (Å²) < 4.78 is 1.33. The molecule has 4 rings (SSSR count). The normalized spacial score (nSPS) is 11.0. The van der Waals surface area contributed by atoms with E-state index in [1.54, 1.807) is 12.1 Å². The molecule has 0 bridgehead atoms. The van der Waals surface area contributed by atoms with Gasteiger partial charge in [-0.25, -0.2) is 0 Å². The Balaban J connectivity index is 2.17. The van der Waals surface area contributed by atoms with Crippen molar-refractivity contribution in [2.45, 2.75) is 6.54 Å². The van der Waals surface area contributed by atoms with Crippen molar-refractivity contribution in [1.29, 1.82) is 0 Å². The lowest BCUT2D eigenvalue weighted by Gasteiger charge is -2.02. The average molecular weight is 313 g/mol. The van der Waals surface area contributed by atoms with E-state index >= 15 is 0 Å². The smallest absolute Gasteiger partial charge is 0.261 e. The van der Waals surface area contributed by atoms with Gasteiger partial charge in [0, 0.05) is 10.8 Å². The van der Waals surface area contributed by atoms with Crippen LogP contribution in [0, 0.1) is 0 Å². The van der Waals surface area contributed by atoms with Crippen molar-refractivity contribution in [3.05, 3.63) is 105 Å². The van der Waals surface area contributed by atoms with E-state index in [0.29, 0.717) is 10.8 Å². The summed E-state index contributed by atoms with van der Waals surface area (Å²) in [5, 5.41) is 2.74. The molecule has 1 aromatic heterocycles. The first kappa shape index (κ1) is 14.4. The highest BCUT2D eigenvalue weighted by molar-refractivity contribution is 6.05. The third-order valence-corrected chi connectivity index (χ3v) is 4.28. The van der Waals surface area contributed by atoms with Crippen LogP contribution in [0.25, 0.3) is 21.5 Å². The molecule has 0 saturated carbocycles. The van der Waals surface area contributed by atoms with Gasteiger partial charge in [-0.15, -0.1) is 0 Å². The van der Waals surface area contributed by atoms with Gasteiger partial charge in [0.15, 0.2) is 0 Å². The van der Waals surface area contributed by atoms with Gasteiger partial charge in [-0.1, -0.05) is 66.7 Å². The van der Waals surface area contributed by atoms with Crippen molar-refractivity contribution >= 4 is 21.5 Å². The first-order valence-electron chi connectivity index (χ1n) is 7.84. The van der Waals surface area contributed by atoms with Crippen LogP contribution >= 0.6 is 0 Å². The molecular formula is C21H15NO2. The highest BCUT2D eigenvalue weighted by Crippen LogP contribution is 2.19. The monoisotopic (exact) mass is 313 g/mol. The molecule has 3 heteroatoms. The van der Waals surface area contributed by atoms with Crippen LogP contribution in [0.15, 0.2) is 88.5 Å². The zero-order valence-electron chi connectivity index (χ0n) is 13.0. The standard InChI is InChI=1S/C21H15NO2/c23-20-18-12-6-4-10-16(18)17-11-5-7-13-19(17)21(24)22(20)14-15-8-2-1-3-9-15/h1-13H,14H2. The van der Waals surface area contributed by atoms with Crippen LogP contribution in [-0.2, 0) is 6.54 Å². The lowest BCUT2D eigenvalue weighted by Crippen LogP contribution is -2.30. The van der Waals surface area contributed by atoms with Crippen molar-refractivity contribution in [3.63, 3.8) is 0 Å². The molecule has 4 aromatic rings. The molecule has 0 aliphatic carbocycles. The third-order valence-electron chi connectivity index (χ3n) is 4.28. The number of fused-ring (bicyclic) bond motifs is 3. The Morgan fingerprint density at radius 2 is 0.958 bits per heavy atom. The van der Waals surface area contributed by atoms with Gasteiger partial charge in [0.25, 0.3) is 11.1 Å². The fourth-order valence-corrected chi connectivity index (χ4v) is 3.10. The maximum absolute atomic E-state index is 13.0. The van der Waals surface area contributed by atoms with Gasteiger partial charge < -0.3 is 0 Å². The predicted octanol–water partition coefficient (Wildman–Crippen LogP) is 3.56. The molecule has 0 aliphatic rings. The van der Waals surface area contributed by atoms with Gasteiger partial charge in [-0.05, 0) is 28.5 Å². The second-order valence-corrected chi connectivity index (χ2v) is 5.77. The van der Waals surface area contributed by atoms with Gasteiger partial charge >= 0.3 is 0 Å². The number of hydrogen-bond donors (Lipinski definition) is 0. The van der Waals surface area contributed by atoms with Crippen molar-refractivity contribution in [2.24, 2.45) is 0 Å². The zero-order valence-corrected chi connectivity index (χ0v) is 13.0. The van der Waals surface area contributed by atoms with Crippen LogP contribution in [0.5, 0.6) is 0 Å².